The summed E-state index contributed by atoms with van der Waals surface area (Å²) in [5, 5.41) is 5.73. The molecule has 0 bridgehead atoms. The average molecular weight is 568 g/mol. The van der Waals surface area contributed by atoms with Gasteiger partial charge in [-0.3, -0.25) is 4.79 Å². The Hall–Kier alpha value is -5.44. The summed E-state index contributed by atoms with van der Waals surface area (Å²) >= 11 is 0. The van der Waals surface area contributed by atoms with Crippen molar-refractivity contribution in [1.29, 1.82) is 0 Å². The highest BCUT2D eigenvalue weighted by Crippen LogP contribution is 2.42. The molecule has 9 nitrogen and oxygen atoms in total. The number of anilines is 2. The minimum absolute atomic E-state index is 0.0792. The number of ether oxygens (including phenoxy) is 4. The topological polar surface area (TPSA) is 121 Å². The predicted molar refractivity (Wildman–Crippen MR) is 164 cm³/mol. The van der Waals surface area contributed by atoms with Crippen molar-refractivity contribution in [2.45, 2.75) is 6.54 Å². The first kappa shape index (κ1) is 29.5. The number of nitrogens with one attached hydrogen (secondary N) is 2. The number of para-hydroxylation sites is 2. The number of hydrogen-bond acceptors (Lipinski definition) is 7. The van der Waals surface area contributed by atoms with Gasteiger partial charge < -0.3 is 35.3 Å². The highest BCUT2D eigenvalue weighted by atomic mass is 16.5. The lowest BCUT2D eigenvalue weighted by Gasteiger charge is -2.21. The Morgan fingerprint density at radius 3 is 2.21 bits per heavy atom. The lowest BCUT2D eigenvalue weighted by atomic mass is 9.86. The van der Waals surface area contributed by atoms with E-state index >= 15 is 0 Å². The molecule has 0 heterocycles. The number of hydrogen-bond donors (Lipinski definition) is 3. The number of methoxy groups -OCH3 is 3. The van der Waals surface area contributed by atoms with Crippen molar-refractivity contribution in [2.24, 2.45) is 0 Å². The van der Waals surface area contributed by atoms with E-state index in [2.05, 4.69) is 17.2 Å². The maximum atomic E-state index is 13.9. The number of amides is 2. The molecule has 0 aromatic heterocycles. The van der Waals surface area contributed by atoms with Gasteiger partial charge >= 0.3 is 6.09 Å². The Bertz CT molecular complexity index is 1580. The highest BCUT2D eigenvalue weighted by Gasteiger charge is 2.23. The first-order valence-corrected chi connectivity index (χ1v) is 13.1. The van der Waals surface area contributed by atoms with Gasteiger partial charge in [0, 0.05) is 17.7 Å². The van der Waals surface area contributed by atoms with Crippen LogP contribution < -0.4 is 30.6 Å². The summed E-state index contributed by atoms with van der Waals surface area (Å²) < 4.78 is 21.5. The minimum atomic E-state index is -0.593. The van der Waals surface area contributed by atoms with Gasteiger partial charge in [-0.25, -0.2) is 4.79 Å². The Kier molecular flexibility index (Phi) is 9.68. The molecule has 0 spiro atoms. The van der Waals surface area contributed by atoms with Crippen molar-refractivity contribution < 1.29 is 28.5 Å². The van der Waals surface area contributed by atoms with Crippen molar-refractivity contribution in [3.8, 4) is 39.5 Å². The Morgan fingerprint density at radius 2 is 1.55 bits per heavy atom. The molecule has 9 heteroatoms. The summed E-state index contributed by atoms with van der Waals surface area (Å²) in [6.07, 6.45) is 0.898. The molecule has 42 heavy (non-hydrogen) atoms. The number of rotatable bonds is 11. The van der Waals surface area contributed by atoms with Gasteiger partial charge in [0.1, 0.15) is 12.4 Å². The van der Waals surface area contributed by atoms with Gasteiger partial charge in [0.2, 0.25) is 0 Å². The molecule has 0 aliphatic heterocycles. The summed E-state index contributed by atoms with van der Waals surface area (Å²) in [7, 11) is 4.70. The molecule has 0 saturated heterocycles. The first-order valence-electron chi connectivity index (χ1n) is 13.1. The van der Waals surface area contributed by atoms with Crippen molar-refractivity contribution in [1.82, 2.24) is 5.32 Å². The van der Waals surface area contributed by atoms with E-state index in [9.17, 15) is 9.59 Å². The van der Waals surface area contributed by atoms with Gasteiger partial charge in [-0.2, -0.15) is 0 Å². The minimum Gasteiger partial charge on any atom is -0.497 e. The van der Waals surface area contributed by atoms with Gasteiger partial charge in [0.05, 0.1) is 32.7 Å². The summed E-state index contributed by atoms with van der Waals surface area (Å²) in [5.74, 6) is 1.34. The van der Waals surface area contributed by atoms with Crippen LogP contribution in [0.5, 0.6) is 17.2 Å². The maximum Gasteiger partial charge on any atom is 0.407 e. The van der Waals surface area contributed by atoms with Crippen LogP contribution in [0.4, 0.5) is 16.2 Å². The average Bonchev–Trinajstić information content (AvgIpc) is 3.03. The van der Waals surface area contributed by atoms with E-state index in [0.717, 1.165) is 16.7 Å². The smallest absolute Gasteiger partial charge is 0.407 e. The zero-order valence-electron chi connectivity index (χ0n) is 23.7. The van der Waals surface area contributed by atoms with Crippen LogP contribution in [0.25, 0.3) is 22.3 Å². The van der Waals surface area contributed by atoms with E-state index in [4.69, 9.17) is 24.7 Å². The van der Waals surface area contributed by atoms with Crippen LogP contribution in [0.1, 0.15) is 15.9 Å². The van der Waals surface area contributed by atoms with E-state index in [1.165, 1.54) is 6.08 Å². The summed E-state index contributed by atoms with van der Waals surface area (Å²) in [5.41, 5.74) is 11.0. The Labute approximate surface area is 244 Å². The zero-order chi connectivity index (χ0) is 30.1. The molecule has 0 radical (unpaired) electrons. The van der Waals surface area contributed by atoms with Crippen LogP contribution in [0.15, 0.2) is 91.5 Å². The molecular weight excluding hydrogens is 534 g/mol. The van der Waals surface area contributed by atoms with Crippen molar-refractivity contribution in [3.63, 3.8) is 0 Å². The van der Waals surface area contributed by atoms with Crippen LogP contribution in [-0.2, 0) is 11.3 Å². The molecule has 4 rings (SSSR count). The van der Waals surface area contributed by atoms with E-state index in [1.807, 2.05) is 36.4 Å². The monoisotopic (exact) mass is 567 g/mol. The van der Waals surface area contributed by atoms with E-state index in [-0.39, 0.29) is 19.1 Å². The molecule has 0 unspecified atom stereocenters. The third kappa shape index (κ3) is 6.64. The molecule has 216 valence electrons. The molecular formula is C33H33N3O6. The summed E-state index contributed by atoms with van der Waals surface area (Å²) in [4.78, 5) is 26.2. The fourth-order valence-corrected chi connectivity index (χ4v) is 4.51. The predicted octanol–water partition coefficient (Wildman–Crippen LogP) is 6.29. The number of benzene rings is 4. The molecule has 0 saturated carbocycles. The van der Waals surface area contributed by atoms with Crippen LogP contribution in [0, 0.1) is 0 Å². The second-order valence-electron chi connectivity index (χ2n) is 9.10. The molecule has 0 aliphatic carbocycles. The number of carbonyl (C=O) groups is 2. The fraction of sp³-hybridized carbons (Fsp3) is 0.152. The van der Waals surface area contributed by atoms with E-state index < -0.39 is 6.09 Å². The van der Waals surface area contributed by atoms with Gasteiger partial charge in [0.15, 0.2) is 11.5 Å². The number of nitrogens with two attached hydrogens (primary N) is 1. The third-order valence-electron chi connectivity index (χ3n) is 6.55. The first-order chi connectivity index (χ1) is 20.4. The van der Waals surface area contributed by atoms with E-state index in [1.54, 1.807) is 63.8 Å². The summed E-state index contributed by atoms with van der Waals surface area (Å²) in [6.45, 7) is 3.78. The van der Waals surface area contributed by atoms with Crippen molar-refractivity contribution in [3.05, 3.63) is 103 Å². The Balaban J connectivity index is 1.95. The normalized spacial score (nSPS) is 10.4. The quantitative estimate of drug-likeness (QED) is 0.144. The molecule has 4 aromatic carbocycles. The molecule has 4 aromatic rings. The van der Waals surface area contributed by atoms with Gasteiger partial charge in [-0.15, -0.1) is 0 Å². The fourth-order valence-electron chi connectivity index (χ4n) is 4.51. The van der Waals surface area contributed by atoms with Crippen LogP contribution in [0.2, 0.25) is 0 Å². The van der Waals surface area contributed by atoms with Crippen molar-refractivity contribution in [2.75, 3.05) is 39.0 Å². The second-order valence-corrected chi connectivity index (χ2v) is 9.10. The second kappa shape index (κ2) is 13.8. The van der Waals surface area contributed by atoms with Gasteiger partial charge in [-0.1, -0.05) is 49.1 Å². The highest BCUT2D eigenvalue weighted by molar-refractivity contribution is 6.12. The zero-order valence-corrected chi connectivity index (χ0v) is 23.7. The Morgan fingerprint density at radius 1 is 0.833 bits per heavy atom. The molecule has 0 atom stereocenters. The van der Waals surface area contributed by atoms with Crippen LogP contribution in [0.3, 0.4) is 0 Å². The van der Waals surface area contributed by atoms with Gasteiger partial charge in [0.25, 0.3) is 5.91 Å². The third-order valence-corrected chi connectivity index (χ3v) is 6.55. The van der Waals surface area contributed by atoms with Crippen molar-refractivity contribution >= 4 is 23.4 Å². The number of carbonyl (C=O) groups excluding carboxylic acids is 2. The molecule has 0 fully saturated rings. The molecule has 4 N–H and O–H groups in total. The maximum absolute atomic E-state index is 13.9. The number of alkyl carbamates (subject to hydrolysis) is 1. The molecule has 2 amide bonds. The van der Waals surface area contributed by atoms with Crippen LogP contribution in [-0.4, -0.2) is 39.9 Å². The lowest BCUT2D eigenvalue weighted by Crippen LogP contribution is -2.24. The van der Waals surface area contributed by atoms with E-state index in [0.29, 0.717) is 45.3 Å². The summed E-state index contributed by atoms with van der Waals surface area (Å²) in [6, 6.07) is 23.5. The molecule has 0 aliphatic rings. The SMILES string of the molecule is C=CCOC(=O)NCc1ccc(C(=O)Nc2ccccc2N)c(-c2ccc(OC)c(OC)c2)c1-c1ccc(OC)cc1. The largest absolute Gasteiger partial charge is 0.497 e. The lowest BCUT2D eigenvalue weighted by molar-refractivity contribution is 0.102. The standard InChI is InChI=1S/C33H33N3O6/c1-5-18-42-33(38)35-20-23-12-16-25(32(37)36-27-9-7-6-8-26(27)34)31(22-13-17-28(40-3)29(19-22)41-4)30(23)21-10-14-24(39-2)15-11-21/h5-17,19H,1,18,20,34H2,2-4H3,(H,35,38)(H,36,37). The van der Waals surface area contributed by atoms with Crippen LogP contribution >= 0.6 is 0 Å². The number of nitrogen functional groups attached to an aromatic ring is 1. The van der Waals surface area contributed by atoms with Gasteiger partial charge in [-0.05, 0) is 64.7 Å².